The van der Waals surface area contributed by atoms with Crippen LogP contribution in [-0.4, -0.2) is 21.0 Å². The lowest BCUT2D eigenvalue weighted by atomic mass is 10.1. The van der Waals surface area contributed by atoms with Crippen molar-refractivity contribution in [3.8, 4) is 0 Å². The number of carbonyl (C=O) groups is 1. The van der Waals surface area contributed by atoms with Gasteiger partial charge < -0.3 is 10.1 Å². The minimum atomic E-state index is -4.34. The normalized spacial score (nSPS) is 11.6. The number of halogens is 3. The van der Waals surface area contributed by atoms with E-state index in [4.69, 9.17) is 5.11 Å². The van der Waals surface area contributed by atoms with Crippen LogP contribution >= 0.6 is 0 Å². The summed E-state index contributed by atoms with van der Waals surface area (Å²) in [7, 11) is 0. The molecule has 0 radical (unpaired) electrons. The van der Waals surface area contributed by atoms with E-state index in [9.17, 15) is 18.0 Å². The van der Waals surface area contributed by atoms with Gasteiger partial charge in [-0.3, -0.25) is 0 Å². The Morgan fingerprint density at radius 2 is 1.85 bits per heavy atom. The fraction of sp³-hybridized carbons (Fsp3) is 0.231. The SMILES string of the molecule is O=C(O)c1cnc(CCc2ccc(C(F)(F)F)cc2)[nH]1. The fourth-order valence-electron chi connectivity index (χ4n) is 1.72. The lowest BCUT2D eigenvalue weighted by Gasteiger charge is -2.07. The first-order chi connectivity index (χ1) is 9.36. The molecule has 0 atom stereocenters. The Kier molecular flexibility index (Phi) is 3.78. The Balaban J connectivity index is 1.98. The van der Waals surface area contributed by atoms with Crippen LogP contribution in [0.3, 0.4) is 0 Å². The number of hydrogen-bond donors (Lipinski definition) is 2. The Morgan fingerprint density at radius 1 is 1.20 bits per heavy atom. The molecule has 7 heteroatoms. The molecule has 20 heavy (non-hydrogen) atoms. The van der Waals surface area contributed by atoms with Gasteiger partial charge in [-0.25, -0.2) is 9.78 Å². The molecule has 0 aliphatic carbocycles. The molecule has 1 aromatic heterocycles. The van der Waals surface area contributed by atoms with E-state index >= 15 is 0 Å². The summed E-state index contributed by atoms with van der Waals surface area (Å²) >= 11 is 0. The van der Waals surface area contributed by atoms with Crippen molar-refractivity contribution in [3.05, 3.63) is 53.1 Å². The summed E-state index contributed by atoms with van der Waals surface area (Å²) in [5, 5.41) is 8.71. The molecule has 0 saturated heterocycles. The maximum absolute atomic E-state index is 12.4. The van der Waals surface area contributed by atoms with E-state index in [-0.39, 0.29) is 5.69 Å². The number of alkyl halides is 3. The van der Waals surface area contributed by atoms with Crippen LogP contribution in [0, 0.1) is 0 Å². The van der Waals surface area contributed by atoms with Gasteiger partial charge in [-0.05, 0) is 24.1 Å². The molecule has 1 aromatic carbocycles. The van der Waals surface area contributed by atoms with Crippen LogP contribution in [-0.2, 0) is 19.0 Å². The number of carboxylic acids is 1. The summed E-state index contributed by atoms with van der Waals surface area (Å²) in [6.07, 6.45) is -2.22. The number of benzene rings is 1. The first-order valence-corrected chi connectivity index (χ1v) is 5.79. The Bertz CT molecular complexity index is 603. The predicted octanol–water partition coefficient (Wildman–Crippen LogP) is 2.91. The average molecular weight is 284 g/mol. The number of aromatic carboxylic acids is 1. The van der Waals surface area contributed by atoms with Gasteiger partial charge in [0, 0.05) is 6.42 Å². The van der Waals surface area contributed by atoms with Crippen molar-refractivity contribution in [1.82, 2.24) is 9.97 Å². The molecule has 0 aliphatic heterocycles. The van der Waals surface area contributed by atoms with Crippen LogP contribution in [0.4, 0.5) is 13.2 Å². The van der Waals surface area contributed by atoms with Crippen molar-refractivity contribution in [2.75, 3.05) is 0 Å². The molecular formula is C13H11F3N2O2. The zero-order chi connectivity index (χ0) is 14.8. The highest BCUT2D eigenvalue weighted by atomic mass is 19.4. The van der Waals surface area contributed by atoms with Crippen molar-refractivity contribution >= 4 is 5.97 Å². The molecule has 0 bridgehead atoms. The third-order valence-corrected chi connectivity index (χ3v) is 2.79. The van der Waals surface area contributed by atoms with Crippen molar-refractivity contribution in [2.45, 2.75) is 19.0 Å². The van der Waals surface area contributed by atoms with Crippen LogP contribution in [0.2, 0.25) is 0 Å². The van der Waals surface area contributed by atoms with E-state index < -0.39 is 17.7 Å². The minimum Gasteiger partial charge on any atom is -0.477 e. The summed E-state index contributed by atoms with van der Waals surface area (Å²) < 4.78 is 37.1. The van der Waals surface area contributed by atoms with Crippen molar-refractivity contribution in [2.24, 2.45) is 0 Å². The van der Waals surface area contributed by atoms with Gasteiger partial charge in [0.2, 0.25) is 0 Å². The monoisotopic (exact) mass is 284 g/mol. The molecule has 0 spiro atoms. The Hall–Kier alpha value is -2.31. The van der Waals surface area contributed by atoms with E-state index in [1.165, 1.54) is 18.3 Å². The molecule has 2 aromatic rings. The molecule has 0 aliphatic rings. The maximum atomic E-state index is 12.4. The quantitative estimate of drug-likeness (QED) is 0.907. The molecule has 0 fully saturated rings. The largest absolute Gasteiger partial charge is 0.477 e. The fourth-order valence-corrected chi connectivity index (χ4v) is 1.72. The van der Waals surface area contributed by atoms with E-state index in [0.29, 0.717) is 18.7 Å². The van der Waals surface area contributed by atoms with Crippen molar-refractivity contribution < 1.29 is 23.1 Å². The van der Waals surface area contributed by atoms with E-state index in [1.54, 1.807) is 0 Å². The van der Waals surface area contributed by atoms with Gasteiger partial charge in [-0.15, -0.1) is 0 Å². The Morgan fingerprint density at radius 3 is 2.35 bits per heavy atom. The van der Waals surface area contributed by atoms with E-state index in [2.05, 4.69) is 9.97 Å². The molecule has 0 saturated carbocycles. The van der Waals surface area contributed by atoms with Gasteiger partial charge in [-0.2, -0.15) is 13.2 Å². The molecule has 106 valence electrons. The number of rotatable bonds is 4. The highest BCUT2D eigenvalue weighted by Crippen LogP contribution is 2.29. The topological polar surface area (TPSA) is 66.0 Å². The number of imidazole rings is 1. The van der Waals surface area contributed by atoms with Crippen molar-refractivity contribution in [1.29, 1.82) is 0 Å². The summed E-state index contributed by atoms with van der Waals surface area (Å²) in [5.41, 5.74) is 0.0334. The molecule has 1 heterocycles. The van der Waals surface area contributed by atoms with Gasteiger partial charge in [0.1, 0.15) is 11.5 Å². The standard InChI is InChI=1S/C13H11F3N2O2/c14-13(15,16)9-4-1-8(2-5-9)3-6-11-17-7-10(18-11)12(19)20/h1-2,4-5,7H,3,6H2,(H,17,18)(H,19,20). The predicted molar refractivity (Wildman–Crippen MR) is 64.4 cm³/mol. The van der Waals surface area contributed by atoms with Gasteiger partial charge in [0.25, 0.3) is 0 Å². The summed E-state index contributed by atoms with van der Waals surface area (Å²) in [6, 6.07) is 4.87. The highest BCUT2D eigenvalue weighted by Gasteiger charge is 2.29. The molecule has 2 N–H and O–H groups in total. The molecule has 0 amide bonds. The summed E-state index contributed by atoms with van der Waals surface area (Å²) in [6.45, 7) is 0. The molecule has 4 nitrogen and oxygen atoms in total. The second-order valence-corrected chi connectivity index (χ2v) is 4.24. The number of hydrogen-bond acceptors (Lipinski definition) is 2. The number of aromatic nitrogens is 2. The van der Waals surface area contributed by atoms with Crippen LogP contribution < -0.4 is 0 Å². The number of nitrogens with one attached hydrogen (secondary N) is 1. The Labute approximate surface area is 112 Å². The zero-order valence-electron chi connectivity index (χ0n) is 10.2. The maximum Gasteiger partial charge on any atom is 0.416 e. The molecule has 0 unspecified atom stereocenters. The zero-order valence-corrected chi connectivity index (χ0v) is 10.2. The third kappa shape index (κ3) is 3.37. The smallest absolute Gasteiger partial charge is 0.416 e. The van der Waals surface area contributed by atoms with Gasteiger partial charge >= 0.3 is 12.1 Å². The van der Waals surface area contributed by atoms with Gasteiger partial charge in [-0.1, -0.05) is 12.1 Å². The van der Waals surface area contributed by atoms with Crippen LogP contribution in [0.5, 0.6) is 0 Å². The second-order valence-electron chi connectivity index (χ2n) is 4.24. The van der Waals surface area contributed by atoms with Gasteiger partial charge in [0.05, 0.1) is 11.8 Å². The third-order valence-electron chi connectivity index (χ3n) is 2.79. The number of H-pyrrole nitrogens is 1. The number of aromatic amines is 1. The lowest BCUT2D eigenvalue weighted by molar-refractivity contribution is -0.137. The van der Waals surface area contributed by atoms with Crippen LogP contribution in [0.15, 0.2) is 30.5 Å². The lowest BCUT2D eigenvalue weighted by Crippen LogP contribution is -2.04. The van der Waals surface area contributed by atoms with Crippen molar-refractivity contribution in [3.63, 3.8) is 0 Å². The summed E-state index contributed by atoms with van der Waals surface area (Å²) in [4.78, 5) is 17.2. The van der Waals surface area contributed by atoms with Crippen LogP contribution in [0.1, 0.15) is 27.4 Å². The molecule has 2 rings (SSSR count). The first-order valence-electron chi connectivity index (χ1n) is 5.79. The summed E-state index contributed by atoms with van der Waals surface area (Å²) in [5.74, 6) is -0.611. The van der Waals surface area contributed by atoms with Gasteiger partial charge in [0.15, 0.2) is 0 Å². The van der Waals surface area contributed by atoms with Crippen LogP contribution in [0.25, 0.3) is 0 Å². The molecular weight excluding hydrogens is 273 g/mol. The number of aryl methyl sites for hydroxylation is 2. The number of carboxylic acid groups (broad SMARTS) is 1. The van der Waals surface area contributed by atoms with E-state index in [1.807, 2.05) is 0 Å². The average Bonchev–Trinajstić information content (AvgIpc) is 2.85. The minimum absolute atomic E-state index is 0.00702. The highest BCUT2D eigenvalue weighted by molar-refractivity contribution is 5.84. The first kappa shape index (κ1) is 14.1. The number of nitrogens with zero attached hydrogens (tertiary/aromatic N) is 1. The van der Waals surface area contributed by atoms with E-state index in [0.717, 1.165) is 17.7 Å². The second kappa shape index (κ2) is 5.36.